The summed E-state index contributed by atoms with van der Waals surface area (Å²) in [6, 6.07) is 18.3. The second-order valence-corrected chi connectivity index (χ2v) is 7.87. The fourth-order valence-electron chi connectivity index (χ4n) is 4.35. The van der Waals surface area contributed by atoms with Gasteiger partial charge in [-0.05, 0) is 76.4 Å². The van der Waals surface area contributed by atoms with Gasteiger partial charge >= 0.3 is 0 Å². The van der Waals surface area contributed by atoms with Gasteiger partial charge in [0.05, 0.1) is 23.4 Å². The molecule has 29 heavy (non-hydrogen) atoms. The van der Waals surface area contributed by atoms with Gasteiger partial charge in [0.2, 0.25) is 0 Å². The van der Waals surface area contributed by atoms with E-state index in [0.717, 1.165) is 46.3 Å². The Labute approximate surface area is 172 Å². The first-order valence-corrected chi connectivity index (χ1v) is 10.5. The first-order chi connectivity index (χ1) is 14.1. The molecular formula is C25H28N2O2. The largest absolute Gasteiger partial charge is 0.494 e. The van der Waals surface area contributed by atoms with Crippen molar-refractivity contribution in [3.63, 3.8) is 0 Å². The number of likely N-dealkylation sites (tertiary alicyclic amines) is 1. The van der Waals surface area contributed by atoms with E-state index in [0.29, 0.717) is 6.61 Å². The van der Waals surface area contributed by atoms with Crippen molar-refractivity contribution in [3.05, 3.63) is 60.2 Å². The molecule has 2 aromatic carbocycles. The maximum atomic E-state index is 13.6. The lowest BCUT2D eigenvalue weighted by molar-refractivity contribution is 0.0513. The van der Waals surface area contributed by atoms with Gasteiger partial charge in [-0.1, -0.05) is 18.2 Å². The molecule has 0 radical (unpaired) electrons. The Bertz CT molecular complexity index is 1000. The van der Waals surface area contributed by atoms with E-state index in [1.165, 1.54) is 6.42 Å². The minimum absolute atomic E-state index is 0.107. The first kappa shape index (κ1) is 19.4. The first-order valence-electron chi connectivity index (χ1n) is 10.5. The third-order valence-electron chi connectivity index (χ3n) is 5.84. The summed E-state index contributed by atoms with van der Waals surface area (Å²) in [5.74, 6) is 0.944. The lowest BCUT2D eigenvalue weighted by atomic mass is 9.95. The minimum Gasteiger partial charge on any atom is -0.494 e. The normalized spacial score (nSPS) is 19.3. The maximum absolute atomic E-state index is 13.6. The van der Waals surface area contributed by atoms with Crippen molar-refractivity contribution in [2.45, 2.75) is 52.1 Å². The summed E-state index contributed by atoms with van der Waals surface area (Å²) in [6.45, 7) is 6.92. The number of pyridine rings is 1. The highest BCUT2D eigenvalue weighted by atomic mass is 16.5. The van der Waals surface area contributed by atoms with Gasteiger partial charge in [-0.25, -0.2) is 4.98 Å². The molecule has 4 nitrogen and oxygen atoms in total. The van der Waals surface area contributed by atoms with Gasteiger partial charge in [-0.2, -0.15) is 0 Å². The summed E-state index contributed by atoms with van der Waals surface area (Å²) in [4.78, 5) is 20.5. The predicted octanol–water partition coefficient (Wildman–Crippen LogP) is 5.70. The molecule has 1 saturated heterocycles. The highest BCUT2D eigenvalue weighted by Gasteiger charge is 2.30. The van der Waals surface area contributed by atoms with E-state index in [9.17, 15) is 4.79 Å². The van der Waals surface area contributed by atoms with Crippen LogP contribution < -0.4 is 4.74 Å². The van der Waals surface area contributed by atoms with E-state index in [2.05, 4.69) is 18.7 Å². The highest BCUT2D eigenvalue weighted by molar-refractivity contribution is 6.07. The van der Waals surface area contributed by atoms with Crippen molar-refractivity contribution < 1.29 is 9.53 Å². The monoisotopic (exact) mass is 388 g/mol. The second kappa shape index (κ2) is 8.24. The molecule has 2 atom stereocenters. The summed E-state index contributed by atoms with van der Waals surface area (Å²) < 4.78 is 5.55. The van der Waals surface area contributed by atoms with Crippen LogP contribution in [0.3, 0.4) is 0 Å². The van der Waals surface area contributed by atoms with Crippen LogP contribution in [0.15, 0.2) is 54.6 Å². The molecule has 0 N–H and O–H groups in total. The molecule has 4 heteroatoms. The molecule has 2 heterocycles. The van der Waals surface area contributed by atoms with E-state index >= 15 is 0 Å². The number of rotatable bonds is 4. The molecule has 150 valence electrons. The average molecular weight is 389 g/mol. The number of carbonyl (C=O) groups excluding carboxylic acids is 1. The topological polar surface area (TPSA) is 42.4 Å². The number of hydrogen-bond acceptors (Lipinski definition) is 3. The molecule has 0 bridgehead atoms. The Balaban J connectivity index is 1.79. The molecule has 0 aliphatic carbocycles. The number of piperidine rings is 1. The molecule has 0 saturated carbocycles. The standard InChI is InChI=1S/C25H28N2O2/c1-4-29-20-14-12-19(13-15-20)24-16-22(21-10-5-6-11-23(21)26-24)25(28)27-17(2)8-7-9-18(27)3/h5-6,10-18H,4,7-9H2,1-3H3/t17-,18-/m0/s1. The van der Waals surface area contributed by atoms with Crippen LogP contribution in [0.1, 0.15) is 50.4 Å². The molecule has 4 rings (SSSR count). The fourth-order valence-corrected chi connectivity index (χ4v) is 4.35. The van der Waals surface area contributed by atoms with Gasteiger partial charge in [0.1, 0.15) is 5.75 Å². The zero-order valence-corrected chi connectivity index (χ0v) is 17.4. The Kier molecular flexibility index (Phi) is 5.52. The van der Waals surface area contributed by atoms with Crippen LogP contribution in [0, 0.1) is 0 Å². The van der Waals surface area contributed by atoms with Crippen molar-refractivity contribution >= 4 is 16.8 Å². The average Bonchev–Trinajstić information content (AvgIpc) is 2.73. The number of hydrogen-bond donors (Lipinski definition) is 0. The molecular weight excluding hydrogens is 360 g/mol. The van der Waals surface area contributed by atoms with Gasteiger partial charge in [0, 0.05) is 23.0 Å². The molecule has 0 unspecified atom stereocenters. The Morgan fingerprint density at radius 2 is 1.76 bits per heavy atom. The van der Waals surface area contributed by atoms with Crippen molar-refractivity contribution in [3.8, 4) is 17.0 Å². The predicted molar refractivity (Wildman–Crippen MR) is 117 cm³/mol. The number of ether oxygens (including phenoxy) is 1. The minimum atomic E-state index is 0.107. The summed E-state index contributed by atoms with van der Waals surface area (Å²) in [5.41, 5.74) is 3.38. The van der Waals surface area contributed by atoms with E-state index < -0.39 is 0 Å². The lowest BCUT2D eigenvalue weighted by Crippen LogP contribution is -2.47. The highest BCUT2D eigenvalue weighted by Crippen LogP contribution is 2.30. The van der Waals surface area contributed by atoms with Crippen LogP contribution >= 0.6 is 0 Å². The number of benzene rings is 2. The number of fused-ring (bicyclic) bond motifs is 1. The van der Waals surface area contributed by atoms with Crippen molar-refractivity contribution in [1.82, 2.24) is 9.88 Å². The number of para-hydroxylation sites is 1. The third-order valence-corrected chi connectivity index (χ3v) is 5.84. The number of nitrogens with zero attached hydrogens (tertiary/aromatic N) is 2. The van der Waals surface area contributed by atoms with E-state index in [1.54, 1.807) is 0 Å². The van der Waals surface area contributed by atoms with Crippen LogP contribution in [-0.4, -0.2) is 34.5 Å². The van der Waals surface area contributed by atoms with Gasteiger partial charge < -0.3 is 9.64 Å². The number of amides is 1. The van der Waals surface area contributed by atoms with Crippen molar-refractivity contribution in [2.24, 2.45) is 0 Å². The SMILES string of the molecule is CCOc1ccc(-c2cc(C(=O)N3[C@@H](C)CCC[C@@H]3C)c3ccccc3n2)cc1. The molecule has 1 aliphatic rings. The summed E-state index contributed by atoms with van der Waals surface area (Å²) in [6.07, 6.45) is 3.30. The summed E-state index contributed by atoms with van der Waals surface area (Å²) >= 11 is 0. The number of carbonyl (C=O) groups is 1. The fraction of sp³-hybridized carbons (Fsp3) is 0.360. The van der Waals surface area contributed by atoms with Gasteiger partial charge in [-0.15, -0.1) is 0 Å². The smallest absolute Gasteiger partial charge is 0.255 e. The molecule has 1 aromatic heterocycles. The molecule has 1 fully saturated rings. The van der Waals surface area contributed by atoms with E-state index in [-0.39, 0.29) is 18.0 Å². The van der Waals surface area contributed by atoms with Crippen LogP contribution in [0.4, 0.5) is 0 Å². The lowest BCUT2D eigenvalue weighted by Gasteiger charge is -2.39. The third kappa shape index (κ3) is 3.84. The second-order valence-electron chi connectivity index (χ2n) is 7.87. The Morgan fingerprint density at radius 1 is 1.07 bits per heavy atom. The van der Waals surface area contributed by atoms with Gasteiger partial charge in [0.15, 0.2) is 0 Å². The van der Waals surface area contributed by atoms with Gasteiger partial charge in [-0.3, -0.25) is 4.79 Å². The molecule has 1 amide bonds. The van der Waals surface area contributed by atoms with Crippen LogP contribution in [0.25, 0.3) is 22.2 Å². The molecule has 3 aromatic rings. The van der Waals surface area contributed by atoms with Crippen LogP contribution in [0.2, 0.25) is 0 Å². The number of aromatic nitrogens is 1. The molecule has 1 aliphatic heterocycles. The van der Waals surface area contributed by atoms with Crippen molar-refractivity contribution in [2.75, 3.05) is 6.61 Å². The zero-order chi connectivity index (χ0) is 20.4. The Hall–Kier alpha value is -2.88. The zero-order valence-electron chi connectivity index (χ0n) is 17.4. The maximum Gasteiger partial charge on any atom is 0.255 e. The summed E-state index contributed by atoms with van der Waals surface area (Å²) in [7, 11) is 0. The van der Waals surface area contributed by atoms with E-state index in [4.69, 9.17) is 9.72 Å². The van der Waals surface area contributed by atoms with Crippen molar-refractivity contribution in [1.29, 1.82) is 0 Å². The summed E-state index contributed by atoms with van der Waals surface area (Å²) in [5, 5.41) is 0.914. The molecule has 0 spiro atoms. The van der Waals surface area contributed by atoms with Gasteiger partial charge in [0.25, 0.3) is 5.91 Å². The van der Waals surface area contributed by atoms with Crippen LogP contribution in [0.5, 0.6) is 5.75 Å². The quantitative estimate of drug-likeness (QED) is 0.575. The Morgan fingerprint density at radius 3 is 2.45 bits per heavy atom. The van der Waals surface area contributed by atoms with E-state index in [1.807, 2.05) is 61.5 Å². The van der Waals surface area contributed by atoms with Crippen LogP contribution in [-0.2, 0) is 0 Å².